The van der Waals surface area contributed by atoms with Crippen LogP contribution in [0.2, 0.25) is 0 Å². The average molecular weight is 291 g/mol. The van der Waals surface area contributed by atoms with Crippen LogP contribution in [0, 0.1) is 22.0 Å². The van der Waals surface area contributed by atoms with Gasteiger partial charge in [0.1, 0.15) is 5.69 Å². The number of amides is 1. The molecular formula is C15H21N3O3. The SMILES string of the molecule is CNC(=O)c1ccc(N2CC(C)CC(C)C2)c([N+](=O)[O-])c1. The third-order valence-corrected chi connectivity index (χ3v) is 3.87. The minimum absolute atomic E-state index is 0.00241. The van der Waals surface area contributed by atoms with Crippen molar-refractivity contribution < 1.29 is 9.72 Å². The van der Waals surface area contributed by atoms with E-state index in [4.69, 9.17) is 0 Å². The van der Waals surface area contributed by atoms with Crippen molar-refractivity contribution in [2.45, 2.75) is 20.3 Å². The first kappa shape index (κ1) is 15.3. The van der Waals surface area contributed by atoms with E-state index in [0.29, 0.717) is 23.1 Å². The molecule has 2 atom stereocenters. The van der Waals surface area contributed by atoms with Crippen molar-refractivity contribution in [2.75, 3.05) is 25.0 Å². The predicted octanol–water partition coefficient (Wildman–Crippen LogP) is 2.44. The second-order valence-electron chi connectivity index (χ2n) is 5.89. The molecule has 1 aliphatic heterocycles. The molecular weight excluding hydrogens is 270 g/mol. The van der Waals surface area contributed by atoms with Gasteiger partial charge >= 0.3 is 0 Å². The van der Waals surface area contributed by atoms with Crippen molar-refractivity contribution >= 4 is 17.3 Å². The van der Waals surface area contributed by atoms with Crippen LogP contribution in [-0.4, -0.2) is 31.0 Å². The summed E-state index contributed by atoms with van der Waals surface area (Å²) in [5.74, 6) is 0.698. The number of hydrogen-bond acceptors (Lipinski definition) is 4. The molecule has 114 valence electrons. The van der Waals surface area contributed by atoms with Crippen LogP contribution in [0.25, 0.3) is 0 Å². The van der Waals surface area contributed by atoms with Gasteiger partial charge < -0.3 is 10.2 Å². The second kappa shape index (κ2) is 6.11. The molecule has 1 saturated heterocycles. The molecule has 2 rings (SSSR count). The standard InChI is InChI=1S/C15H21N3O3/c1-10-6-11(2)9-17(8-10)13-5-4-12(15(19)16-3)7-14(13)18(20)21/h4-5,7,10-11H,6,8-9H2,1-3H3,(H,16,19). The Morgan fingerprint density at radius 1 is 1.33 bits per heavy atom. The molecule has 1 amide bonds. The molecule has 6 nitrogen and oxygen atoms in total. The molecule has 1 N–H and O–H groups in total. The Bertz CT molecular complexity index is 549. The topological polar surface area (TPSA) is 75.5 Å². The Hall–Kier alpha value is -2.11. The highest BCUT2D eigenvalue weighted by Gasteiger charge is 2.27. The van der Waals surface area contributed by atoms with Crippen molar-refractivity contribution in [3.05, 3.63) is 33.9 Å². The number of benzene rings is 1. The van der Waals surface area contributed by atoms with Gasteiger partial charge in [-0.2, -0.15) is 0 Å². The summed E-state index contributed by atoms with van der Waals surface area (Å²) in [5, 5.41) is 13.8. The fraction of sp³-hybridized carbons (Fsp3) is 0.533. The lowest BCUT2D eigenvalue weighted by Crippen LogP contribution is -2.39. The van der Waals surface area contributed by atoms with Crippen molar-refractivity contribution in [3.8, 4) is 0 Å². The molecule has 1 aromatic carbocycles. The van der Waals surface area contributed by atoms with Crippen molar-refractivity contribution in [1.29, 1.82) is 0 Å². The molecule has 21 heavy (non-hydrogen) atoms. The number of carbonyl (C=O) groups excluding carboxylic acids is 1. The van der Waals surface area contributed by atoms with E-state index in [9.17, 15) is 14.9 Å². The van der Waals surface area contributed by atoms with Crippen LogP contribution in [0.1, 0.15) is 30.6 Å². The molecule has 1 fully saturated rings. The smallest absolute Gasteiger partial charge is 0.293 e. The van der Waals surface area contributed by atoms with Gasteiger partial charge in [0.15, 0.2) is 0 Å². The van der Waals surface area contributed by atoms with E-state index in [1.165, 1.54) is 13.1 Å². The van der Waals surface area contributed by atoms with E-state index in [-0.39, 0.29) is 11.6 Å². The molecule has 1 aliphatic rings. The van der Waals surface area contributed by atoms with Gasteiger partial charge in [0, 0.05) is 31.8 Å². The van der Waals surface area contributed by atoms with Gasteiger partial charge in [0.25, 0.3) is 11.6 Å². The summed E-state index contributed by atoms with van der Waals surface area (Å²) in [6.07, 6.45) is 1.14. The number of hydrogen-bond donors (Lipinski definition) is 1. The first-order chi connectivity index (χ1) is 9.92. The van der Waals surface area contributed by atoms with E-state index in [1.54, 1.807) is 12.1 Å². The van der Waals surface area contributed by atoms with Gasteiger partial charge in [-0.15, -0.1) is 0 Å². The lowest BCUT2D eigenvalue weighted by molar-refractivity contribution is -0.384. The number of nitro benzene ring substituents is 1. The van der Waals surface area contributed by atoms with Crippen molar-refractivity contribution in [2.24, 2.45) is 11.8 Å². The maximum absolute atomic E-state index is 11.6. The quantitative estimate of drug-likeness (QED) is 0.685. The summed E-state index contributed by atoms with van der Waals surface area (Å²) < 4.78 is 0. The maximum atomic E-state index is 11.6. The Morgan fingerprint density at radius 3 is 2.48 bits per heavy atom. The van der Waals surface area contributed by atoms with Gasteiger partial charge in [-0.05, 0) is 30.4 Å². The minimum Gasteiger partial charge on any atom is -0.365 e. The summed E-state index contributed by atoms with van der Waals surface area (Å²) in [4.78, 5) is 24.6. The number of rotatable bonds is 3. The van der Waals surface area contributed by atoms with Gasteiger partial charge in [0.05, 0.1) is 4.92 Å². The maximum Gasteiger partial charge on any atom is 0.293 e. The van der Waals surface area contributed by atoms with Crippen LogP contribution in [0.3, 0.4) is 0 Å². The van der Waals surface area contributed by atoms with Crippen molar-refractivity contribution in [1.82, 2.24) is 5.32 Å². The van der Waals surface area contributed by atoms with Crippen molar-refractivity contribution in [3.63, 3.8) is 0 Å². The van der Waals surface area contributed by atoms with Crippen LogP contribution in [0.4, 0.5) is 11.4 Å². The Kier molecular flexibility index (Phi) is 4.45. The lowest BCUT2D eigenvalue weighted by atomic mass is 9.91. The highest BCUT2D eigenvalue weighted by atomic mass is 16.6. The number of nitrogens with one attached hydrogen (secondary N) is 1. The van der Waals surface area contributed by atoms with E-state index < -0.39 is 4.92 Å². The summed E-state index contributed by atoms with van der Waals surface area (Å²) in [6.45, 7) is 5.94. The van der Waals surface area contributed by atoms with E-state index in [2.05, 4.69) is 24.1 Å². The number of nitro groups is 1. The molecule has 0 aliphatic carbocycles. The fourth-order valence-electron chi connectivity index (χ4n) is 3.08. The molecule has 0 spiro atoms. The number of anilines is 1. The Morgan fingerprint density at radius 2 is 1.95 bits per heavy atom. The zero-order valence-corrected chi connectivity index (χ0v) is 12.6. The normalized spacial score (nSPS) is 22.0. The third kappa shape index (κ3) is 3.32. The molecule has 0 saturated carbocycles. The van der Waals surface area contributed by atoms with E-state index in [0.717, 1.165) is 19.5 Å². The largest absolute Gasteiger partial charge is 0.365 e. The minimum atomic E-state index is -0.411. The molecule has 6 heteroatoms. The Labute approximate surface area is 124 Å². The summed E-state index contributed by atoms with van der Waals surface area (Å²) >= 11 is 0. The van der Waals surface area contributed by atoms with Gasteiger partial charge in [-0.25, -0.2) is 0 Å². The van der Waals surface area contributed by atoms with Crippen LogP contribution in [-0.2, 0) is 0 Å². The van der Waals surface area contributed by atoms with E-state index in [1.807, 2.05) is 0 Å². The zero-order valence-electron chi connectivity index (χ0n) is 12.6. The van der Waals surface area contributed by atoms with Gasteiger partial charge in [-0.1, -0.05) is 13.8 Å². The summed E-state index contributed by atoms with van der Waals surface area (Å²) in [7, 11) is 1.51. The number of nitrogens with zero attached hydrogens (tertiary/aromatic N) is 2. The average Bonchev–Trinajstić information content (AvgIpc) is 2.44. The van der Waals surface area contributed by atoms with Crippen LogP contribution in [0.15, 0.2) is 18.2 Å². The molecule has 0 radical (unpaired) electrons. The predicted molar refractivity (Wildman–Crippen MR) is 81.6 cm³/mol. The monoisotopic (exact) mass is 291 g/mol. The summed E-state index contributed by atoms with van der Waals surface area (Å²) in [6, 6.07) is 4.69. The first-order valence-electron chi connectivity index (χ1n) is 7.17. The molecule has 1 heterocycles. The first-order valence-corrected chi connectivity index (χ1v) is 7.17. The van der Waals surface area contributed by atoms with E-state index >= 15 is 0 Å². The van der Waals surface area contributed by atoms with Gasteiger partial charge in [0.2, 0.25) is 0 Å². The zero-order chi connectivity index (χ0) is 15.6. The highest BCUT2D eigenvalue weighted by Crippen LogP contribution is 2.33. The highest BCUT2D eigenvalue weighted by molar-refractivity contribution is 5.95. The Balaban J connectivity index is 2.38. The second-order valence-corrected chi connectivity index (χ2v) is 5.89. The van der Waals surface area contributed by atoms with Gasteiger partial charge in [-0.3, -0.25) is 14.9 Å². The fourth-order valence-corrected chi connectivity index (χ4v) is 3.08. The number of piperidine rings is 1. The van der Waals surface area contributed by atoms with Crippen LogP contribution in [0.5, 0.6) is 0 Å². The molecule has 1 aromatic rings. The molecule has 0 bridgehead atoms. The third-order valence-electron chi connectivity index (χ3n) is 3.87. The number of carbonyl (C=O) groups is 1. The molecule has 2 unspecified atom stereocenters. The molecule has 0 aromatic heterocycles. The van der Waals surface area contributed by atoms with Crippen LogP contribution >= 0.6 is 0 Å². The van der Waals surface area contributed by atoms with Crippen LogP contribution < -0.4 is 10.2 Å². The summed E-state index contributed by atoms with van der Waals surface area (Å²) in [5.41, 5.74) is 0.912. The lowest BCUT2D eigenvalue weighted by Gasteiger charge is -2.36.